The van der Waals surface area contributed by atoms with E-state index in [0.29, 0.717) is 44.2 Å². The smallest absolute Gasteiger partial charge is 0.303 e. The van der Waals surface area contributed by atoms with Gasteiger partial charge in [-0.15, -0.1) is 44.2 Å². The summed E-state index contributed by atoms with van der Waals surface area (Å²) in [5.74, 6) is -3.82. The summed E-state index contributed by atoms with van der Waals surface area (Å²) in [7, 11) is 0. The Kier molecular flexibility index (Phi) is 11.3. The van der Waals surface area contributed by atoms with E-state index in [4.69, 9.17) is 19.9 Å². The fraction of sp³-hybridized carbons (Fsp3) is 0.333. The van der Waals surface area contributed by atoms with Gasteiger partial charge < -0.3 is 40.4 Å². The normalized spacial score (nSPS) is 11.8. The maximum absolute atomic E-state index is 11.6. The molecule has 0 fully saturated rings. The summed E-state index contributed by atoms with van der Waals surface area (Å²) in [5, 5.41) is 40.1. The molecule has 4 N–H and O–H groups in total. The van der Waals surface area contributed by atoms with Gasteiger partial charge in [-0.1, -0.05) is 68.8 Å². The largest absolute Gasteiger partial charge is 0.657 e. The third-order valence-electron chi connectivity index (χ3n) is 9.00. The Bertz CT molecular complexity index is 2060. The minimum Gasteiger partial charge on any atom is -0.657 e. The van der Waals surface area contributed by atoms with Crippen molar-refractivity contribution >= 4 is 48.2 Å². The molecule has 49 heavy (non-hydrogen) atoms. The molecule has 8 bridgehead atoms. The minimum atomic E-state index is -0.954. The van der Waals surface area contributed by atoms with Gasteiger partial charge in [0.05, 0.1) is 0 Å². The van der Waals surface area contributed by atoms with Crippen molar-refractivity contribution in [2.24, 2.45) is 0 Å². The average Bonchev–Trinajstić information content (AvgIpc) is 3.66. The summed E-state index contributed by atoms with van der Waals surface area (Å²) in [5.41, 5.74) is 8.16. The number of aromatic nitrogens is 4. The number of fused-ring (bicyclic) bond motifs is 8. The molecule has 0 saturated heterocycles. The predicted molar refractivity (Wildman–Crippen MR) is 175 cm³/mol. The van der Waals surface area contributed by atoms with Crippen molar-refractivity contribution in [2.45, 2.75) is 79.1 Å². The molecule has 12 nitrogen and oxygen atoms in total. The number of aliphatic carboxylic acids is 4. The van der Waals surface area contributed by atoms with Crippen molar-refractivity contribution in [3.8, 4) is 0 Å². The van der Waals surface area contributed by atoms with Crippen LogP contribution >= 0.6 is 0 Å². The first kappa shape index (κ1) is 36.8. The third kappa shape index (κ3) is 8.00. The van der Waals surface area contributed by atoms with Gasteiger partial charge in [0.2, 0.25) is 0 Å². The van der Waals surface area contributed by atoms with Gasteiger partial charge in [-0.05, 0) is 53.4 Å². The van der Waals surface area contributed by atoms with E-state index in [1.165, 1.54) is 0 Å². The van der Waals surface area contributed by atoms with E-state index in [-0.39, 0.29) is 68.1 Å². The molecular weight excluding hydrogens is 675 g/mol. The van der Waals surface area contributed by atoms with Crippen LogP contribution in [0.1, 0.15) is 93.0 Å². The molecule has 13 heteroatoms. The molecule has 1 aliphatic heterocycles. The van der Waals surface area contributed by atoms with Crippen LogP contribution in [-0.2, 0) is 61.6 Å². The van der Waals surface area contributed by atoms with Crippen LogP contribution in [0.2, 0.25) is 0 Å². The van der Waals surface area contributed by atoms with Crippen molar-refractivity contribution < 1.29 is 56.4 Å². The van der Waals surface area contributed by atoms with Gasteiger partial charge in [0, 0.05) is 42.5 Å². The number of nitrogens with zero attached hydrogens (tertiary/aromatic N) is 4. The summed E-state index contributed by atoms with van der Waals surface area (Å²) in [6.45, 7) is 7.43. The first-order valence-corrected chi connectivity index (χ1v) is 15.6. The fourth-order valence-corrected chi connectivity index (χ4v) is 6.26. The van der Waals surface area contributed by atoms with Crippen LogP contribution in [0.5, 0.6) is 0 Å². The minimum absolute atomic E-state index is 0. The standard InChI is InChI=1S/C36H36N4O8.Co/c1-17-21(5-9-33(41)42)29-14-26-19(3)23(7-11-35(45)46)31(39-26)16-28-20(4)24(8-12-36(47)48)32(40-28)15-27-18(2)22(6-10-34(43)44)30(38-27)13-25(17)37-29;/h13-16H,5-12H2,1-4H3,(H,41,42)(H,43,44)(H,45,46)(H,47,48);/q-4;. The third-order valence-corrected chi connectivity index (χ3v) is 9.00. The number of carboxylic acid groups (broad SMARTS) is 4. The maximum Gasteiger partial charge on any atom is 0.303 e. The molecule has 0 unspecified atom stereocenters. The van der Waals surface area contributed by atoms with Gasteiger partial charge in [-0.2, -0.15) is 0 Å². The van der Waals surface area contributed by atoms with Crippen LogP contribution in [0, 0.1) is 27.7 Å². The molecule has 0 atom stereocenters. The number of carbonyl (C=O) groups is 4. The molecule has 261 valence electrons. The van der Waals surface area contributed by atoms with Crippen molar-refractivity contribution in [2.75, 3.05) is 0 Å². The second kappa shape index (κ2) is 15.0. The van der Waals surface area contributed by atoms with Gasteiger partial charge in [0.25, 0.3) is 0 Å². The molecule has 0 saturated carbocycles. The van der Waals surface area contributed by atoms with Crippen LogP contribution in [-0.4, -0.2) is 44.3 Å². The van der Waals surface area contributed by atoms with Crippen molar-refractivity contribution in [3.05, 3.63) is 88.7 Å². The molecule has 0 amide bonds. The molecule has 5 rings (SSSR count). The van der Waals surface area contributed by atoms with E-state index in [9.17, 15) is 39.6 Å². The van der Waals surface area contributed by atoms with E-state index in [1.807, 2.05) is 27.7 Å². The Morgan fingerprint density at radius 1 is 0.429 bits per heavy atom. The van der Waals surface area contributed by atoms with Crippen LogP contribution in [0.3, 0.4) is 0 Å². The Morgan fingerprint density at radius 3 is 1.02 bits per heavy atom. The molecule has 1 aliphatic rings. The first-order chi connectivity index (χ1) is 22.7. The van der Waals surface area contributed by atoms with Crippen LogP contribution in [0.15, 0.2) is 0 Å². The second-order valence-corrected chi connectivity index (χ2v) is 12.1. The van der Waals surface area contributed by atoms with Gasteiger partial charge in [-0.25, -0.2) is 0 Å². The van der Waals surface area contributed by atoms with E-state index >= 15 is 0 Å². The van der Waals surface area contributed by atoms with E-state index < -0.39 is 23.9 Å². The molecule has 4 aromatic rings. The summed E-state index contributed by atoms with van der Waals surface area (Å²) in [6.07, 6.45) is 7.54. The summed E-state index contributed by atoms with van der Waals surface area (Å²) in [4.78, 5) is 65.9. The zero-order valence-electron chi connectivity index (χ0n) is 27.5. The molecule has 0 spiro atoms. The summed E-state index contributed by atoms with van der Waals surface area (Å²) >= 11 is 0. The molecule has 0 aliphatic carbocycles. The number of hydrogen-bond donors (Lipinski definition) is 4. The predicted octanol–water partition coefficient (Wildman–Crippen LogP) is 0.444. The van der Waals surface area contributed by atoms with Gasteiger partial charge in [0.15, 0.2) is 0 Å². The Hall–Kier alpha value is -5.01. The van der Waals surface area contributed by atoms with Crippen LogP contribution in [0.4, 0.5) is 0 Å². The number of hydrogen-bond acceptors (Lipinski definition) is 4. The zero-order chi connectivity index (χ0) is 34.9. The molecule has 5 heterocycles. The Labute approximate surface area is 291 Å². The Balaban J connectivity index is 0.00000541. The van der Waals surface area contributed by atoms with E-state index in [2.05, 4.69) is 0 Å². The summed E-state index contributed by atoms with van der Waals surface area (Å²) in [6, 6.07) is 0. The zero-order valence-corrected chi connectivity index (χ0v) is 28.6. The average molecular weight is 712 g/mol. The molecule has 1 radical (unpaired) electrons. The number of carboxylic acids is 4. The fourth-order valence-electron chi connectivity index (χ4n) is 6.26. The molecular formula is C36H36CoN4O8-4. The van der Waals surface area contributed by atoms with Gasteiger partial charge in [0.1, 0.15) is 0 Å². The monoisotopic (exact) mass is 711 g/mol. The second-order valence-electron chi connectivity index (χ2n) is 12.1. The topological polar surface area (TPSA) is 206 Å². The van der Waals surface area contributed by atoms with E-state index in [0.717, 1.165) is 44.5 Å². The quantitative estimate of drug-likeness (QED) is 0.139. The van der Waals surface area contributed by atoms with Crippen molar-refractivity contribution in [1.29, 1.82) is 0 Å². The van der Waals surface area contributed by atoms with E-state index in [1.54, 1.807) is 24.3 Å². The van der Waals surface area contributed by atoms with Crippen LogP contribution in [0.25, 0.3) is 24.3 Å². The SMILES string of the molecule is Cc1c2[n-]c(c1CCC(=O)O)C=c1[n-]c(c(CCC(=O)O)c1C)=Cc1[n-]c(c(CCC(=O)O)c1C)C=c1[n-]c(c(CCC(=O)O)c1C)=C2.[Co]. The first-order valence-electron chi connectivity index (χ1n) is 15.6. The van der Waals surface area contributed by atoms with Crippen molar-refractivity contribution in [1.82, 2.24) is 19.9 Å². The maximum atomic E-state index is 11.6. The number of rotatable bonds is 12. The summed E-state index contributed by atoms with van der Waals surface area (Å²) < 4.78 is 0. The molecule has 0 aromatic carbocycles. The van der Waals surface area contributed by atoms with Crippen molar-refractivity contribution in [3.63, 3.8) is 0 Å². The van der Waals surface area contributed by atoms with Crippen LogP contribution < -0.4 is 41.3 Å². The Morgan fingerprint density at radius 2 is 0.714 bits per heavy atom. The van der Waals surface area contributed by atoms with Gasteiger partial charge >= 0.3 is 23.9 Å². The van der Waals surface area contributed by atoms with Gasteiger partial charge in [-0.3, -0.25) is 19.2 Å². The molecule has 4 aromatic heterocycles.